The van der Waals surface area contributed by atoms with E-state index in [1.807, 2.05) is 12.1 Å². The summed E-state index contributed by atoms with van der Waals surface area (Å²) in [6, 6.07) is 8.72. The summed E-state index contributed by atoms with van der Waals surface area (Å²) in [5, 5.41) is 9.96. The second kappa shape index (κ2) is 4.93. The number of benzene rings is 1. The number of para-hydroxylation sites is 1. The fourth-order valence-corrected chi connectivity index (χ4v) is 1.86. The first kappa shape index (κ1) is 12.8. The molecule has 0 unspecified atom stereocenters. The fraction of sp³-hybridized carbons (Fsp3) is 0.154. The first-order valence-electron chi connectivity index (χ1n) is 5.61. The minimum absolute atomic E-state index is 0.0439. The minimum Gasteiger partial charge on any atom is -0.478 e. The maximum atomic E-state index is 11.3. The van der Waals surface area contributed by atoms with Gasteiger partial charge in [0.1, 0.15) is 11.4 Å². The Kier molecular flexibility index (Phi) is 3.33. The lowest BCUT2D eigenvalue weighted by Gasteiger charge is -2.18. The van der Waals surface area contributed by atoms with E-state index in [1.54, 1.807) is 19.2 Å². The number of anilines is 1. The molecule has 0 aliphatic rings. The Morgan fingerprint density at radius 2 is 2.05 bits per heavy atom. The number of hydrogen-bond donors (Lipinski definition) is 2. The zero-order valence-electron chi connectivity index (χ0n) is 10.3. The lowest BCUT2D eigenvalue weighted by molar-refractivity contribution is -0.116. The number of aromatic carboxylic acids is 1. The predicted octanol–water partition coefficient (Wildman–Crippen LogP) is 0.854. The SMILES string of the molecule is CN(CC(N)=O)c1nc2ccccc2cc1C(=O)O. The molecule has 0 atom stereocenters. The van der Waals surface area contributed by atoms with Gasteiger partial charge in [0.2, 0.25) is 5.91 Å². The number of carboxylic acid groups (broad SMARTS) is 1. The molecule has 1 heterocycles. The van der Waals surface area contributed by atoms with Gasteiger partial charge in [-0.05, 0) is 12.1 Å². The molecule has 0 bridgehead atoms. The Hall–Kier alpha value is -2.63. The number of primary amides is 1. The van der Waals surface area contributed by atoms with Crippen LogP contribution in [0, 0.1) is 0 Å². The van der Waals surface area contributed by atoms with Crippen LogP contribution in [0.3, 0.4) is 0 Å². The van der Waals surface area contributed by atoms with E-state index >= 15 is 0 Å². The first-order chi connectivity index (χ1) is 8.99. The Labute approximate surface area is 109 Å². The number of hydrogen-bond acceptors (Lipinski definition) is 4. The second-order valence-corrected chi connectivity index (χ2v) is 4.18. The third-order valence-corrected chi connectivity index (χ3v) is 2.69. The van der Waals surface area contributed by atoms with Gasteiger partial charge in [0.05, 0.1) is 12.1 Å². The van der Waals surface area contributed by atoms with E-state index in [0.29, 0.717) is 5.52 Å². The highest BCUT2D eigenvalue weighted by Crippen LogP contribution is 2.22. The lowest BCUT2D eigenvalue weighted by Crippen LogP contribution is -2.32. The van der Waals surface area contributed by atoms with E-state index < -0.39 is 11.9 Å². The Morgan fingerprint density at radius 1 is 1.37 bits per heavy atom. The largest absolute Gasteiger partial charge is 0.478 e. The first-order valence-corrected chi connectivity index (χ1v) is 5.61. The summed E-state index contributed by atoms with van der Waals surface area (Å²) < 4.78 is 0. The van der Waals surface area contributed by atoms with Crippen molar-refractivity contribution in [2.45, 2.75) is 0 Å². The monoisotopic (exact) mass is 259 g/mol. The molecule has 98 valence electrons. The molecule has 3 N–H and O–H groups in total. The summed E-state index contributed by atoms with van der Waals surface area (Å²) in [6.07, 6.45) is 0. The van der Waals surface area contributed by atoms with Gasteiger partial charge in [-0.15, -0.1) is 0 Å². The van der Waals surface area contributed by atoms with E-state index in [-0.39, 0.29) is 17.9 Å². The molecular weight excluding hydrogens is 246 g/mol. The molecule has 0 saturated carbocycles. The maximum Gasteiger partial charge on any atom is 0.339 e. The zero-order chi connectivity index (χ0) is 14.0. The number of nitrogens with two attached hydrogens (primary N) is 1. The van der Waals surface area contributed by atoms with Crippen molar-refractivity contribution in [3.05, 3.63) is 35.9 Å². The van der Waals surface area contributed by atoms with Crippen LogP contribution < -0.4 is 10.6 Å². The molecule has 1 aromatic carbocycles. The molecule has 0 fully saturated rings. The molecule has 2 aromatic rings. The Morgan fingerprint density at radius 3 is 2.68 bits per heavy atom. The molecule has 19 heavy (non-hydrogen) atoms. The molecule has 1 amide bonds. The number of rotatable bonds is 4. The molecule has 0 aliphatic carbocycles. The number of aromatic nitrogens is 1. The summed E-state index contributed by atoms with van der Waals surface area (Å²) in [5.41, 5.74) is 5.82. The molecule has 0 spiro atoms. The molecule has 1 aromatic heterocycles. The third-order valence-electron chi connectivity index (χ3n) is 2.69. The van der Waals surface area contributed by atoms with Gasteiger partial charge in [0.25, 0.3) is 0 Å². The lowest BCUT2D eigenvalue weighted by atomic mass is 10.1. The van der Waals surface area contributed by atoms with Crippen LogP contribution in [0.5, 0.6) is 0 Å². The molecule has 6 heteroatoms. The number of likely N-dealkylation sites (N-methyl/N-ethyl adjacent to an activating group) is 1. The molecule has 6 nitrogen and oxygen atoms in total. The van der Waals surface area contributed by atoms with Crippen molar-refractivity contribution < 1.29 is 14.7 Å². The molecule has 2 rings (SSSR count). The van der Waals surface area contributed by atoms with Crippen molar-refractivity contribution >= 4 is 28.6 Å². The molecular formula is C13H13N3O3. The van der Waals surface area contributed by atoms with Gasteiger partial charge in [-0.2, -0.15) is 0 Å². The highest BCUT2D eigenvalue weighted by atomic mass is 16.4. The van der Waals surface area contributed by atoms with E-state index in [9.17, 15) is 14.7 Å². The van der Waals surface area contributed by atoms with Crippen molar-refractivity contribution in [3.63, 3.8) is 0 Å². The van der Waals surface area contributed by atoms with Gasteiger partial charge in [-0.1, -0.05) is 18.2 Å². The van der Waals surface area contributed by atoms with E-state index in [0.717, 1.165) is 5.39 Å². The van der Waals surface area contributed by atoms with Crippen molar-refractivity contribution in [2.24, 2.45) is 5.73 Å². The topological polar surface area (TPSA) is 96.5 Å². The van der Waals surface area contributed by atoms with Crippen LogP contribution in [0.15, 0.2) is 30.3 Å². The number of carbonyl (C=O) groups is 2. The molecule has 0 saturated heterocycles. The van der Waals surface area contributed by atoms with Crippen LogP contribution >= 0.6 is 0 Å². The fourth-order valence-electron chi connectivity index (χ4n) is 1.86. The summed E-state index contributed by atoms with van der Waals surface area (Å²) in [4.78, 5) is 27.9. The minimum atomic E-state index is -1.09. The van der Waals surface area contributed by atoms with Gasteiger partial charge in [-0.25, -0.2) is 9.78 Å². The predicted molar refractivity (Wildman–Crippen MR) is 71.2 cm³/mol. The van der Waals surface area contributed by atoms with Crippen molar-refractivity contribution in [2.75, 3.05) is 18.5 Å². The quantitative estimate of drug-likeness (QED) is 0.848. The summed E-state index contributed by atoms with van der Waals surface area (Å²) in [7, 11) is 1.58. The standard InChI is InChI=1S/C13H13N3O3/c1-16(7-11(14)17)12-9(13(18)19)6-8-4-2-3-5-10(8)15-12/h2-6H,7H2,1H3,(H2,14,17)(H,18,19). The number of fused-ring (bicyclic) bond motifs is 1. The van der Waals surface area contributed by atoms with Crippen LogP contribution in [0.1, 0.15) is 10.4 Å². The van der Waals surface area contributed by atoms with Gasteiger partial charge in [0, 0.05) is 12.4 Å². The van der Waals surface area contributed by atoms with Crippen LogP contribution in [0.4, 0.5) is 5.82 Å². The number of carboxylic acids is 1. The Bertz CT molecular complexity index is 655. The van der Waals surface area contributed by atoms with Crippen LogP contribution in [0.25, 0.3) is 10.9 Å². The van der Waals surface area contributed by atoms with E-state index in [2.05, 4.69) is 4.98 Å². The van der Waals surface area contributed by atoms with Gasteiger partial charge in [-0.3, -0.25) is 4.79 Å². The van der Waals surface area contributed by atoms with E-state index in [1.165, 1.54) is 11.0 Å². The summed E-state index contributed by atoms with van der Waals surface area (Å²) in [5.74, 6) is -1.41. The van der Waals surface area contributed by atoms with Gasteiger partial charge < -0.3 is 15.7 Å². The second-order valence-electron chi connectivity index (χ2n) is 4.18. The van der Waals surface area contributed by atoms with Crippen LogP contribution in [-0.4, -0.2) is 35.6 Å². The Balaban J connectivity index is 2.59. The van der Waals surface area contributed by atoms with E-state index in [4.69, 9.17) is 5.73 Å². The number of pyridine rings is 1. The van der Waals surface area contributed by atoms with Crippen molar-refractivity contribution in [1.29, 1.82) is 0 Å². The maximum absolute atomic E-state index is 11.3. The number of nitrogens with zero attached hydrogens (tertiary/aromatic N) is 2. The normalized spacial score (nSPS) is 10.4. The number of amides is 1. The third kappa shape index (κ3) is 2.62. The van der Waals surface area contributed by atoms with Gasteiger partial charge in [0.15, 0.2) is 0 Å². The highest BCUT2D eigenvalue weighted by Gasteiger charge is 2.17. The smallest absolute Gasteiger partial charge is 0.339 e. The van der Waals surface area contributed by atoms with Gasteiger partial charge >= 0.3 is 5.97 Å². The van der Waals surface area contributed by atoms with Crippen molar-refractivity contribution in [1.82, 2.24) is 4.98 Å². The summed E-state index contributed by atoms with van der Waals surface area (Å²) >= 11 is 0. The summed E-state index contributed by atoms with van der Waals surface area (Å²) in [6.45, 7) is -0.0916. The highest BCUT2D eigenvalue weighted by molar-refractivity contribution is 5.98. The van der Waals surface area contributed by atoms with Crippen LogP contribution in [0.2, 0.25) is 0 Å². The zero-order valence-corrected chi connectivity index (χ0v) is 10.3. The van der Waals surface area contributed by atoms with Crippen molar-refractivity contribution in [3.8, 4) is 0 Å². The average molecular weight is 259 g/mol. The molecule has 0 aliphatic heterocycles. The number of carbonyl (C=O) groups excluding carboxylic acids is 1. The average Bonchev–Trinajstić information content (AvgIpc) is 2.36. The molecule has 0 radical (unpaired) electrons. The van der Waals surface area contributed by atoms with Crippen LogP contribution in [-0.2, 0) is 4.79 Å².